The first-order valence-electron chi connectivity index (χ1n) is 7.20. The van der Waals surface area contributed by atoms with Crippen molar-refractivity contribution in [2.24, 2.45) is 0 Å². The Hall–Kier alpha value is -3.48. The monoisotopic (exact) mass is 322 g/mol. The number of hydrogen-bond donors (Lipinski definition) is 2. The van der Waals surface area contributed by atoms with E-state index in [9.17, 15) is 14.4 Å². The van der Waals surface area contributed by atoms with Gasteiger partial charge in [0.05, 0.1) is 0 Å². The van der Waals surface area contributed by atoms with E-state index >= 15 is 0 Å². The number of benzene rings is 1. The lowest BCUT2D eigenvalue weighted by Gasteiger charge is -2.08. The van der Waals surface area contributed by atoms with Gasteiger partial charge in [-0.1, -0.05) is 24.3 Å². The molecule has 0 saturated carbocycles. The zero-order valence-corrected chi connectivity index (χ0v) is 12.8. The summed E-state index contributed by atoms with van der Waals surface area (Å²) in [5, 5.41) is 0. The Morgan fingerprint density at radius 1 is 1.00 bits per heavy atom. The first kappa shape index (κ1) is 15.4. The first-order valence-corrected chi connectivity index (χ1v) is 7.20. The first-order chi connectivity index (χ1) is 11.6. The highest BCUT2D eigenvalue weighted by molar-refractivity contribution is 5.98. The maximum Gasteiger partial charge on any atom is 0.276 e. The molecule has 7 heteroatoms. The predicted molar refractivity (Wildman–Crippen MR) is 87.6 cm³/mol. The molecule has 2 N–H and O–H groups in total. The highest BCUT2D eigenvalue weighted by Crippen LogP contribution is 2.02. The lowest BCUT2D eigenvalue weighted by molar-refractivity contribution is 0.0845. The fourth-order valence-electron chi connectivity index (χ4n) is 2.18. The second kappa shape index (κ2) is 6.33. The van der Waals surface area contributed by atoms with Crippen molar-refractivity contribution in [3.63, 3.8) is 0 Å². The van der Waals surface area contributed by atoms with Gasteiger partial charge in [0.1, 0.15) is 11.2 Å². The van der Waals surface area contributed by atoms with Crippen LogP contribution in [-0.4, -0.2) is 21.2 Å². The van der Waals surface area contributed by atoms with Crippen LogP contribution in [0.3, 0.4) is 0 Å². The van der Waals surface area contributed by atoms with Crippen LogP contribution in [0.15, 0.2) is 59.7 Å². The molecular weight excluding hydrogens is 308 g/mol. The summed E-state index contributed by atoms with van der Waals surface area (Å²) in [7, 11) is 0. The van der Waals surface area contributed by atoms with E-state index in [1.807, 2.05) is 13.0 Å². The molecule has 0 radical (unpaired) electrons. The van der Waals surface area contributed by atoms with Gasteiger partial charge in [0.15, 0.2) is 0 Å². The van der Waals surface area contributed by atoms with E-state index < -0.39 is 17.4 Å². The van der Waals surface area contributed by atoms with Gasteiger partial charge in [-0.05, 0) is 30.7 Å². The van der Waals surface area contributed by atoms with Crippen molar-refractivity contribution >= 4 is 17.5 Å². The van der Waals surface area contributed by atoms with E-state index in [1.165, 1.54) is 10.6 Å². The van der Waals surface area contributed by atoms with Gasteiger partial charge in [0.2, 0.25) is 0 Å². The number of hydrazine groups is 1. The van der Waals surface area contributed by atoms with Gasteiger partial charge in [0, 0.05) is 18.0 Å². The van der Waals surface area contributed by atoms with E-state index in [4.69, 9.17) is 0 Å². The van der Waals surface area contributed by atoms with Crippen LogP contribution in [0.4, 0.5) is 0 Å². The lowest BCUT2D eigenvalue weighted by Crippen LogP contribution is -2.43. The molecule has 0 aliphatic rings. The summed E-state index contributed by atoms with van der Waals surface area (Å²) in [6.45, 7) is 1.83. The van der Waals surface area contributed by atoms with Gasteiger partial charge in [-0.2, -0.15) is 0 Å². The van der Waals surface area contributed by atoms with Gasteiger partial charge < -0.3 is 0 Å². The summed E-state index contributed by atoms with van der Waals surface area (Å²) in [6, 6.07) is 11.9. The van der Waals surface area contributed by atoms with Crippen molar-refractivity contribution < 1.29 is 9.59 Å². The molecule has 2 amide bonds. The highest BCUT2D eigenvalue weighted by Gasteiger charge is 2.14. The number of nitrogens with zero attached hydrogens (tertiary/aromatic N) is 2. The van der Waals surface area contributed by atoms with Crippen molar-refractivity contribution in [3.05, 3.63) is 81.9 Å². The lowest BCUT2D eigenvalue weighted by atomic mass is 10.2. The number of amides is 2. The van der Waals surface area contributed by atoms with Crippen LogP contribution in [0.25, 0.3) is 5.65 Å². The number of aryl methyl sites for hydroxylation is 1. The minimum atomic E-state index is -0.729. The summed E-state index contributed by atoms with van der Waals surface area (Å²) in [6.07, 6.45) is 2.79. The number of pyridine rings is 1. The fraction of sp³-hybridized carbons (Fsp3) is 0.0588. The molecule has 3 rings (SSSR count). The highest BCUT2D eigenvalue weighted by atomic mass is 16.2. The molecule has 24 heavy (non-hydrogen) atoms. The Morgan fingerprint density at radius 2 is 1.71 bits per heavy atom. The molecule has 1 aromatic carbocycles. The van der Waals surface area contributed by atoms with E-state index in [0.717, 1.165) is 5.56 Å². The van der Waals surface area contributed by atoms with Gasteiger partial charge in [-0.25, -0.2) is 4.98 Å². The molecule has 0 bridgehead atoms. The minimum absolute atomic E-state index is 0.161. The van der Waals surface area contributed by atoms with Crippen molar-refractivity contribution in [2.45, 2.75) is 6.92 Å². The van der Waals surface area contributed by atoms with E-state index in [-0.39, 0.29) is 5.56 Å². The molecule has 0 fully saturated rings. The Morgan fingerprint density at radius 3 is 2.46 bits per heavy atom. The normalized spacial score (nSPS) is 10.4. The zero-order chi connectivity index (χ0) is 17.1. The molecular formula is C17H14N4O3. The van der Waals surface area contributed by atoms with Crippen molar-refractivity contribution in [2.75, 3.05) is 0 Å². The van der Waals surface area contributed by atoms with Crippen molar-refractivity contribution in [3.8, 4) is 0 Å². The Kier molecular flexibility index (Phi) is 4.07. The second-order valence-electron chi connectivity index (χ2n) is 5.19. The third-order valence-electron chi connectivity index (χ3n) is 3.42. The molecule has 0 saturated heterocycles. The topological polar surface area (TPSA) is 92.6 Å². The molecule has 0 aliphatic heterocycles. The molecule has 0 atom stereocenters. The van der Waals surface area contributed by atoms with Crippen molar-refractivity contribution in [1.82, 2.24) is 20.2 Å². The van der Waals surface area contributed by atoms with Crippen LogP contribution >= 0.6 is 0 Å². The molecule has 2 heterocycles. The average Bonchev–Trinajstić information content (AvgIpc) is 2.61. The van der Waals surface area contributed by atoms with Gasteiger partial charge in [-0.15, -0.1) is 0 Å². The minimum Gasteiger partial charge on any atom is -0.268 e. The number of nitrogens with one attached hydrogen (secondary N) is 2. The number of carbonyl (C=O) groups is 2. The van der Waals surface area contributed by atoms with Crippen LogP contribution in [-0.2, 0) is 0 Å². The van der Waals surface area contributed by atoms with Crippen LogP contribution < -0.4 is 16.4 Å². The maximum absolute atomic E-state index is 12.4. The summed E-state index contributed by atoms with van der Waals surface area (Å²) >= 11 is 0. The summed E-state index contributed by atoms with van der Waals surface area (Å²) in [5.74, 6) is -1.21. The molecule has 0 spiro atoms. The SMILES string of the molecule is Cc1ccc2ncc(C(=O)NNC(=O)c3ccccc3)c(=O)n2c1. The van der Waals surface area contributed by atoms with Crippen LogP contribution in [0, 0.1) is 6.92 Å². The smallest absolute Gasteiger partial charge is 0.268 e. The third kappa shape index (κ3) is 3.00. The van der Waals surface area contributed by atoms with E-state index in [2.05, 4.69) is 15.8 Å². The molecule has 2 aromatic heterocycles. The van der Waals surface area contributed by atoms with Crippen molar-refractivity contribution in [1.29, 1.82) is 0 Å². The van der Waals surface area contributed by atoms with Gasteiger partial charge in [0.25, 0.3) is 17.4 Å². The quantitative estimate of drug-likeness (QED) is 0.691. The summed E-state index contributed by atoms with van der Waals surface area (Å²) in [4.78, 5) is 40.5. The molecule has 120 valence electrons. The van der Waals surface area contributed by atoms with E-state index in [1.54, 1.807) is 42.6 Å². The third-order valence-corrected chi connectivity index (χ3v) is 3.42. The Bertz CT molecular complexity index is 980. The Labute approximate surface area is 136 Å². The number of carbonyl (C=O) groups excluding carboxylic acids is 2. The van der Waals surface area contributed by atoms with Gasteiger partial charge >= 0.3 is 0 Å². The van der Waals surface area contributed by atoms with Crippen LogP contribution in [0.1, 0.15) is 26.3 Å². The number of aromatic nitrogens is 2. The van der Waals surface area contributed by atoms with E-state index in [0.29, 0.717) is 11.2 Å². The maximum atomic E-state index is 12.4. The number of hydrogen-bond acceptors (Lipinski definition) is 4. The molecule has 7 nitrogen and oxygen atoms in total. The Balaban J connectivity index is 1.80. The fourth-order valence-corrected chi connectivity index (χ4v) is 2.18. The summed E-state index contributed by atoms with van der Waals surface area (Å²) < 4.78 is 1.29. The zero-order valence-electron chi connectivity index (χ0n) is 12.8. The second-order valence-corrected chi connectivity index (χ2v) is 5.19. The van der Waals surface area contributed by atoms with Crippen LogP contribution in [0.2, 0.25) is 0 Å². The number of rotatable bonds is 2. The largest absolute Gasteiger partial charge is 0.276 e. The number of fused-ring (bicyclic) bond motifs is 1. The summed E-state index contributed by atoms with van der Waals surface area (Å²) in [5.41, 5.74) is 5.52. The predicted octanol–water partition coefficient (Wildman–Crippen LogP) is 1.08. The molecule has 0 unspecified atom stereocenters. The van der Waals surface area contributed by atoms with Gasteiger partial charge in [-0.3, -0.25) is 29.6 Å². The average molecular weight is 322 g/mol. The van der Waals surface area contributed by atoms with Crippen LogP contribution in [0.5, 0.6) is 0 Å². The molecule has 0 aliphatic carbocycles. The molecule has 3 aromatic rings. The standard InChI is InChI=1S/C17H14N4O3/c1-11-7-8-14-18-9-13(17(24)21(14)10-11)16(23)20-19-15(22)12-5-3-2-4-6-12/h2-10H,1H3,(H,19,22)(H,20,23).